The van der Waals surface area contributed by atoms with Crippen molar-refractivity contribution in [1.29, 1.82) is 10.5 Å². The number of nitriles is 2. The van der Waals surface area contributed by atoms with Gasteiger partial charge >= 0.3 is 0 Å². The Morgan fingerprint density at radius 2 is 1.83 bits per heavy atom. The minimum absolute atomic E-state index is 0.00611. The van der Waals surface area contributed by atoms with Gasteiger partial charge in [-0.3, -0.25) is 4.79 Å². The van der Waals surface area contributed by atoms with Crippen molar-refractivity contribution in [2.24, 2.45) is 5.73 Å². The molecular weight excluding hydrogens is 378 g/mol. The van der Waals surface area contributed by atoms with Crippen LogP contribution in [-0.2, 0) is 10.2 Å². The first-order chi connectivity index (χ1) is 14.5. The molecule has 2 aliphatic rings. The zero-order valence-corrected chi connectivity index (χ0v) is 15.9. The monoisotopic (exact) mass is 393 g/mol. The maximum absolute atomic E-state index is 13.5. The molecule has 0 radical (unpaired) electrons. The molecule has 3 aromatic rings. The van der Waals surface area contributed by atoms with E-state index in [1.165, 1.54) is 0 Å². The average molecular weight is 393 g/mol. The Balaban J connectivity index is 1.95. The van der Waals surface area contributed by atoms with Crippen LogP contribution in [0.25, 0.3) is 5.69 Å². The van der Waals surface area contributed by atoms with Crippen molar-refractivity contribution in [2.75, 3.05) is 5.32 Å². The Bertz CT molecular complexity index is 1350. The number of rotatable bonds is 1. The maximum atomic E-state index is 13.5. The standard InChI is InChI=1S/C23H15N5O2/c1-13-6-8-15(9-7-13)28-12-14(10-24)19-20(28)23(17(11-25)21(26)30-19)16-4-2-3-5-18(16)27-22(23)29/h2-9,12H,26H2,1H3,(H,27,29). The molecule has 0 fully saturated rings. The summed E-state index contributed by atoms with van der Waals surface area (Å²) in [6.07, 6.45) is 1.61. The van der Waals surface area contributed by atoms with Gasteiger partial charge in [-0.1, -0.05) is 35.9 Å². The van der Waals surface area contributed by atoms with E-state index in [4.69, 9.17) is 10.5 Å². The fraction of sp³-hybridized carbons (Fsp3) is 0.0870. The summed E-state index contributed by atoms with van der Waals surface area (Å²) in [4.78, 5) is 13.5. The minimum atomic E-state index is -1.52. The van der Waals surface area contributed by atoms with Gasteiger partial charge in [0.25, 0.3) is 0 Å². The summed E-state index contributed by atoms with van der Waals surface area (Å²) in [5.41, 5.74) is 8.17. The summed E-state index contributed by atoms with van der Waals surface area (Å²) >= 11 is 0. The van der Waals surface area contributed by atoms with Gasteiger partial charge in [0.2, 0.25) is 11.8 Å². The minimum Gasteiger partial charge on any atom is -0.437 e. The van der Waals surface area contributed by atoms with Crippen molar-refractivity contribution in [2.45, 2.75) is 12.3 Å². The molecule has 7 heteroatoms. The lowest BCUT2D eigenvalue weighted by Crippen LogP contribution is -2.43. The number of nitrogens with zero attached hydrogens (tertiary/aromatic N) is 3. The highest BCUT2D eigenvalue weighted by atomic mass is 16.5. The van der Waals surface area contributed by atoms with Crippen LogP contribution < -0.4 is 15.8 Å². The topological polar surface area (TPSA) is 117 Å². The molecule has 2 aliphatic heterocycles. The average Bonchev–Trinajstić information content (AvgIpc) is 3.25. The number of fused-ring (bicyclic) bond motifs is 4. The highest BCUT2D eigenvalue weighted by Crippen LogP contribution is 2.54. The van der Waals surface area contributed by atoms with Crippen molar-refractivity contribution < 1.29 is 9.53 Å². The number of para-hydroxylation sites is 1. The molecule has 1 unspecified atom stereocenters. The second-order valence-corrected chi connectivity index (χ2v) is 7.24. The van der Waals surface area contributed by atoms with Crippen molar-refractivity contribution in [3.8, 4) is 23.6 Å². The number of amides is 1. The van der Waals surface area contributed by atoms with Crippen molar-refractivity contribution in [3.05, 3.63) is 88.6 Å². The van der Waals surface area contributed by atoms with E-state index in [-0.39, 0.29) is 22.8 Å². The van der Waals surface area contributed by atoms with Gasteiger partial charge in [-0.15, -0.1) is 0 Å². The Labute approximate surface area is 172 Å². The summed E-state index contributed by atoms with van der Waals surface area (Å²) in [5.74, 6) is -0.417. The van der Waals surface area contributed by atoms with Crippen LogP contribution in [0.2, 0.25) is 0 Å². The zero-order valence-electron chi connectivity index (χ0n) is 15.9. The van der Waals surface area contributed by atoms with Gasteiger partial charge in [-0.05, 0) is 25.1 Å². The van der Waals surface area contributed by atoms with Gasteiger partial charge in [0, 0.05) is 23.1 Å². The van der Waals surface area contributed by atoms with E-state index < -0.39 is 11.3 Å². The number of carbonyl (C=O) groups excluding carboxylic acids is 1. The maximum Gasteiger partial charge on any atom is 0.246 e. The number of nitrogens with one attached hydrogen (secondary N) is 1. The Morgan fingerprint density at radius 1 is 1.10 bits per heavy atom. The number of ether oxygens (including phenoxy) is 1. The van der Waals surface area contributed by atoms with Crippen molar-refractivity contribution in [1.82, 2.24) is 4.57 Å². The number of benzene rings is 2. The van der Waals surface area contributed by atoms with Crippen LogP contribution in [-0.4, -0.2) is 10.5 Å². The largest absolute Gasteiger partial charge is 0.437 e. The highest BCUT2D eigenvalue weighted by Gasteiger charge is 2.58. The molecule has 1 amide bonds. The van der Waals surface area contributed by atoms with Crippen LogP contribution in [0, 0.1) is 29.6 Å². The molecule has 0 saturated carbocycles. The molecule has 1 spiro atoms. The number of aromatic nitrogens is 1. The fourth-order valence-corrected chi connectivity index (χ4v) is 4.28. The molecule has 0 bridgehead atoms. The van der Waals surface area contributed by atoms with E-state index in [0.717, 1.165) is 11.3 Å². The molecule has 5 rings (SSSR count). The quantitative estimate of drug-likeness (QED) is 0.659. The van der Waals surface area contributed by atoms with Gasteiger partial charge in [-0.25, -0.2) is 0 Å². The molecule has 30 heavy (non-hydrogen) atoms. The van der Waals surface area contributed by atoms with Crippen LogP contribution in [0.3, 0.4) is 0 Å². The third-order valence-corrected chi connectivity index (χ3v) is 5.61. The normalized spacial score (nSPS) is 18.8. The predicted octanol–water partition coefficient (Wildman–Crippen LogP) is 2.98. The van der Waals surface area contributed by atoms with Gasteiger partial charge in [0.15, 0.2) is 11.2 Å². The molecule has 1 atom stereocenters. The van der Waals surface area contributed by atoms with Crippen LogP contribution >= 0.6 is 0 Å². The van der Waals surface area contributed by atoms with E-state index in [1.54, 1.807) is 35.0 Å². The summed E-state index contributed by atoms with van der Waals surface area (Å²) in [5, 5.41) is 22.6. The first-order valence-corrected chi connectivity index (χ1v) is 9.24. The van der Waals surface area contributed by atoms with Crippen molar-refractivity contribution >= 4 is 11.6 Å². The summed E-state index contributed by atoms with van der Waals surface area (Å²) in [6.45, 7) is 1.97. The SMILES string of the molecule is Cc1ccc(-n2cc(C#N)c3c2C2(C(=O)Nc4ccccc42)C(C#N)=C(N)O3)cc1. The molecule has 0 saturated heterocycles. The molecular formula is C23H15N5O2. The lowest BCUT2D eigenvalue weighted by atomic mass is 9.71. The molecule has 0 aliphatic carbocycles. The predicted molar refractivity (Wildman–Crippen MR) is 109 cm³/mol. The summed E-state index contributed by atoms with van der Waals surface area (Å²) in [7, 11) is 0. The van der Waals surface area contributed by atoms with Crippen LogP contribution in [0.1, 0.15) is 22.4 Å². The fourth-order valence-electron chi connectivity index (χ4n) is 4.28. The molecule has 7 nitrogen and oxygen atoms in total. The van der Waals surface area contributed by atoms with E-state index in [9.17, 15) is 15.3 Å². The van der Waals surface area contributed by atoms with Gasteiger partial charge in [-0.2, -0.15) is 10.5 Å². The molecule has 144 valence electrons. The van der Waals surface area contributed by atoms with Crippen LogP contribution in [0.5, 0.6) is 5.75 Å². The Kier molecular flexibility index (Phi) is 3.52. The Hall–Kier alpha value is -4.49. The second-order valence-electron chi connectivity index (χ2n) is 7.24. The molecule has 3 heterocycles. The highest BCUT2D eigenvalue weighted by molar-refractivity contribution is 6.12. The van der Waals surface area contributed by atoms with E-state index in [2.05, 4.69) is 17.5 Å². The number of anilines is 1. The zero-order chi connectivity index (χ0) is 21.0. The first kappa shape index (κ1) is 17.6. The van der Waals surface area contributed by atoms with Gasteiger partial charge in [0.05, 0.1) is 5.69 Å². The third kappa shape index (κ3) is 2.04. The molecule has 2 aromatic carbocycles. The van der Waals surface area contributed by atoms with E-state index >= 15 is 0 Å². The number of aryl methyl sites for hydroxylation is 1. The van der Waals surface area contributed by atoms with Crippen LogP contribution in [0.15, 0.2) is 66.2 Å². The van der Waals surface area contributed by atoms with Crippen molar-refractivity contribution in [3.63, 3.8) is 0 Å². The second kappa shape index (κ2) is 6.00. The number of hydrogen-bond acceptors (Lipinski definition) is 5. The smallest absolute Gasteiger partial charge is 0.246 e. The third-order valence-electron chi connectivity index (χ3n) is 5.61. The van der Waals surface area contributed by atoms with Crippen LogP contribution in [0.4, 0.5) is 5.69 Å². The lowest BCUT2D eigenvalue weighted by molar-refractivity contribution is -0.118. The van der Waals surface area contributed by atoms with E-state index in [1.807, 2.05) is 31.2 Å². The summed E-state index contributed by atoms with van der Waals surface area (Å²) < 4.78 is 7.48. The number of carbonyl (C=O) groups is 1. The number of hydrogen-bond donors (Lipinski definition) is 2. The van der Waals surface area contributed by atoms with Gasteiger partial charge < -0.3 is 20.4 Å². The Morgan fingerprint density at radius 3 is 2.53 bits per heavy atom. The first-order valence-electron chi connectivity index (χ1n) is 9.24. The van der Waals surface area contributed by atoms with E-state index in [0.29, 0.717) is 16.9 Å². The summed E-state index contributed by atoms with van der Waals surface area (Å²) in [6, 6.07) is 19.0. The number of nitrogens with two attached hydrogens (primary N) is 1. The molecule has 1 aromatic heterocycles. The van der Waals surface area contributed by atoms with Gasteiger partial charge in [0.1, 0.15) is 23.3 Å². The molecule has 3 N–H and O–H groups in total. The lowest BCUT2D eigenvalue weighted by Gasteiger charge is -2.33.